The van der Waals surface area contributed by atoms with Crippen molar-refractivity contribution in [2.24, 2.45) is 0 Å². The SMILES string of the molecule is O=c1n(Cc2ccc(C#CCO)s2)nc2cnccn12. The monoisotopic (exact) mass is 286 g/mol. The van der Waals surface area contributed by atoms with Gasteiger partial charge in [-0.3, -0.25) is 4.98 Å². The Balaban J connectivity index is 1.91. The molecule has 0 bridgehead atoms. The van der Waals surface area contributed by atoms with E-state index < -0.39 is 0 Å². The molecule has 3 aromatic heterocycles. The highest BCUT2D eigenvalue weighted by Gasteiger charge is 2.08. The lowest BCUT2D eigenvalue weighted by Gasteiger charge is -1.94. The fourth-order valence-electron chi connectivity index (χ4n) is 1.79. The summed E-state index contributed by atoms with van der Waals surface area (Å²) in [6.07, 6.45) is 4.69. The van der Waals surface area contributed by atoms with Crippen molar-refractivity contribution in [3.63, 3.8) is 0 Å². The molecule has 0 amide bonds. The van der Waals surface area contributed by atoms with Crippen LogP contribution in [0.1, 0.15) is 9.75 Å². The highest BCUT2D eigenvalue weighted by molar-refractivity contribution is 7.12. The molecule has 0 aromatic carbocycles. The van der Waals surface area contributed by atoms with Crippen molar-refractivity contribution in [2.45, 2.75) is 6.54 Å². The molecule has 0 unspecified atom stereocenters. The molecule has 0 aliphatic carbocycles. The molecule has 3 aromatic rings. The normalized spacial score (nSPS) is 10.4. The smallest absolute Gasteiger partial charge is 0.350 e. The van der Waals surface area contributed by atoms with Crippen molar-refractivity contribution in [3.05, 3.63) is 51.0 Å². The second kappa shape index (κ2) is 5.28. The van der Waals surface area contributed by atoms with Gasteiger partial charge in [-0.05, 0) is 12.1 Å². The molecule has 0 atom stereocenters. The van der Waals surface area contributed by atoms with E-state index in [1.807, 2.05) is 12.1 Å². The lowest BCUT2D eigenvalue weighted by atomic mass is 10.4. The van der Waals surface area contributed by atoms with Gasteiger partial charge in [-0.1, -0.05) is 11.8 Å². The molecule has 3 rings (SSSR count). The molecule has 3 heterocycles. The van der Waals surface area contributed by atoms with Crippen LogP contribution < -0.4 is 5.69 Å². The molecule has 100 valence electrons. The first-order chi connectivity index (χ1) is 9.78. The van der Waals surface area contributed by atoms with Gasteiger partial charge in [-0.2, -0.15) is 0 Å². The highest BCUT2D eigenvalue weighted by Crippen LogP contribution is 2.15. The molecule has 0 saturated carbocycles. The predicted octanol–water partition coefficient (Wildman–Crippen LogP) is 0.345. The number of nitrogens with zero attached hydrogens (tertiary/aromatic N) is 4. The Labute approximate surface area is 117 Å². The van der Waals surface area contributed by atoms with Gasteiger partial charge in [0.25, 0.3) is 0 Å². The topological polar surface area (TPSA) is 72.4 Å². The van der Waals surface area contributed by atoms with Crippen LogP contribution in [0.15, 0.2) is 35.5 Å². The summed E-state index contributed by atoms with van der Waals surface area (Å²) in [5, 5.41) is 12.9. The number of thiophene rings is 1. The number of aliphatic hydroxyl groups excluding tert-OH is 1. The standard InChI is InChI=1S/C13H10N4O2S/c18-7-1-2-10-3-4-11(20-10)9-17-13(19)16-6-5-14-8-12(16)15-17/h3-6,8,18H,7,9H2. The van der Waals surface area contributed by atoms with Crippen molar-refractivity contribution >= 4 is 17.0 Å². The van der Waals surface area contributed by atoms with E-state index in [4.69, 9.17) is 5.11 Å². The zero-order valence-corrected chi connectivity index (χ0v) is 11.2. The Morgan fingerprint density at radius 1 is 1.40 bits per heavy atom. The molecule has 0 aliphatic heterocycles. The maximum Gasteiger partial charge on any atom is 0.350 e. The molecule has 6 nitrogen and oxygen atoms in total. The van der Waals surface area contributed by atoms with Crippen LogP contribution in [0.4, 0.5) is 0 Å². The molecule has 7 heteroatoms. The van der Waals surface area contributed by atoms with E-state index in [0.717, 1.165) is 9.75 Å². The van der Waals surface area contributed by atoms with Crippen LogP contribution in [0.2, 0.25) is 0 Å². The first-order valence-corrected chi connectivity index (χ1v) is 6.67. The first-order valence-electron chi connectivity index (χ1n) is 5.85. The Hall–Kier alpha value is -2.43. The van der Waals surface area contributed by atoms with Gasteiger partial charge < -0.3 is 5.11 Å². The lowest BCUT2D eigenvalue weighted by Crippen LogP contribution is -2.21. The van der Waals surface area contributed by atoms with Crippen LogP contribution in [0.25, 0.3) is 5.65 Å². The van der Waals surface area contributed by atoms with Gasteiger partial charge in [-0.15, -0.1) is 16.4 Å². The van der Waals surface area contributed by atoms with E-state index in [0.29, 0.717) is 12.2 Å². The third-order valence-corrected chi connectivity index (χ3v) is 3.63. The van der Waals surface area contributed by atoms with Gasteiger partial charge in [0.05, 0.1) is 17.6 Å². The molecule has 0 saturated heterocycles. The Bertz CT molecular complexity index is 865. The summed E-state index contributed by atoms with van der Waals surface area (Å²) in [6.45, 7) is 0.234. The highest BCUT2D eigenvalue weighted by atomic mass is 32.1. The van der Waals surface area contributed by atoms with Gasteiger partial charge >= 0.3 is 5.69 Å². The van der Waals surface area contributed by atoms with Crippen molar-refractivity contribution in [1.29, 1.82) is 0 Å². The van der Waals surface area contributed by atoms with Crippen LogP contribution in [-0.2, 0) is 6.54 Å². The molecule has 0 spiro atoms. The number of aromatic nitrogens is 4. The number of hydrogen-bond acceptors (Lipinski definition) is 5. The Kier molecular flexibility index (Phi) is 3.33. The maximum absolute atomic E-state index is 12.1. The Morgan fingerprint density at radius 2 is 2.30 bits per heavy atom. The van der Waals surface area contributed by atoms with Crippen molar-refractivity contribution in [2.75, 3.05) is 6.61 Å². The lowest BCUT2D eigenvalue weighted by molar-refractivity contribution is 0.350. The van der Waals surface area contributed by atoms with E-state index in [2.05, 4.69) is 21.9 Å². The van der Waals surface area contributed by atoms with E-state index in [9.17, 15) is 4.79 Å². The quantitative estimate of drug-likeness (QED) is 0.690. The van der Waals surface area contributed by atoms with Gasteiger partial charge in [0, 0.05) is 17.3 Å². The number of fused-ring (bicyclic) bond motifs is 1. The molecule has 0 fully saturated rings. The van der Waals surface area contributed by atoms with Crippen LogP contribution in [-0.4, -0.2) is 30.9 Å². The summed E-state index contributed by atoms with van der Waals surface area (Å²) in [7, 11) is 0. The molecule has 0 aliphatic rings. The summed E-state index contributed by atoms with van der Waals surface area (Å²) >= 11 is 1.48. The van der Waals surface area contributed by atoms with Gasteiger partial charge in [-0.25, -0.2) is 13.9 Å². The summed E-state index contributed by atoms with van der Waals surface area (Å²) in [5.74, 6) is 5.43. The van der Waals surface area contributed by atoms with E-state index in [1.54, 1.807) is 18.6 Å². The average molecular weight is 286 g/mol. The first kappa shape index (κ1) is 12.6. The third-order valence-electron chi connectivity index (χ3n) is 2.65. The van der Waals surface area contributed by atoms with E-state index in [-0.39, 0.29) is 12.3 Å². The summed E-state index contributed by atoms with van der Waals surface area (Å²) < 4.78 is 2.85. The molecule has 1 N–H and O–H groups in total. The van der Waals surface area contributed by atoms with Crippen molar-refractivity contribution in [3.8, 4) is 11.8 Å². The predicted molar refractivity (Wildman–Crippen MR) is 74.6 cm³/mol. The minimum Gasteiger partial charge on any atom is -0.384 e. The molecule has 20 heavy (non-hydrogen) atoms. The maximum atomic E-state index is 12.1. The van der Waals surface area contributed by atoms with E-state index >= 15 is 0 Å². The van der Waals surface area contributed by atoms with Crippen LogP contribution in [0.5, 0.6) is 0 Å². The molecular weight excluding hydrogens is 276 g/mol. The van der Waals surface area contributed by atoms with Gasteiger partial charge in [0.1, 0.15) is 6.61 Å². The number of rotatable bonds is 2. The molecule has 0 radical (unpaired) electrons. The summed E-state index contributed by atoms with van der Waals surface area (Å²) in [5.41, 5.74) is 0.327. The average Bonchev–Trinajstić information content (AvgIpc) is 3.03. The Morgan fingerprint density at radius 3 is 3.10 bits per heavy atom. The van der Waals surface area contributed by atoms with E-state index in [1.165, 1.54) is 20.4 Å². The number of aliphatic hydroxyl groups is 1. The van der Waals surface area contributed by atoms with Gasteiger partial charge in [0.2, 0.25) is 0 Å². The summed E-state index contributed by atoms with van der Waals surface area (Å²) in [6, 6.07) is 3.77. The minimum absolute atomic E-state index is 0.161. The van der Waals surface area contributed by atoms with Crippen LogP contribution in [0, 0.1) is 11.8 Å². The largest absolute Gasteiger partial charge is 0.384 e. The van der Waals surface area contributed by atoms with Crippen molar-refractivity contribution < 1.29 is 5.11 Å². The second-order valence-corrected chi connectivity index (χ2v) is 5.14. The molecular formula is C13H10N4O2S. The number of hydrogen-bond donors (Lipinski definition) is 1. The minimum atomic E-state index is -0.196. The van der Waals surface area contributed by atoms with Crippen molar-refractivity contribution in [1.82, 2.24) is 19.2 Å². The fourth-order valence-corrected chi connectivity index (χ4v) is 2.65. The van der Waals surface area contributed by atoms with Crippen LogP contribution in [0.3, 0.4) is 0 Å². The summed E-state index contributed by atoms with van der Waals surface area (Å²) in [4.78, 5) is 17.9. The third kappa shape index (κ3) is 2.34. The fraction of sp³-hybridized carbons (Fsp3) is 0.154. The van der Waals surface area contributed by atoms with Crippen LogP contribution >= 0.6 is 11.3 Å². The van der Waals surface area contributed by atoms with Gasteiger partial charge in [0.15, 0.2) is 5.65 Å². The zero-order valence-electron chi connectivity index (χ0n) is 10.4. The zero-order chi connectivity index (χ0) is 13.9. The second-order valence-electron chi connectivity index (χ2n) is 3.97.